The number of nitrogens with zero attached hydrogens (tertiary/aromatic N) is 2. The van der Waals surface area contributed by atoms with E-state index >= 15 is 0 Å². The molecule has 0 spiro atoms. The van der Waals surface area contributed by atoms with Crippen molar-refractivity contribution in [2.24, 2.45) is 0 Å². The Kier molecular flexibility index (Phi) is 10.8. The van der Waals surface area contributed by atoms with Crippen LogP contribution in [0.3, 0.4) is 0 Å². The first-order chi connectivity index (χ1) is 9.79. The van der Waals surface area contributed by atoms with E-state index in [2.05, 4.69) is 31.9 Å². The monoisotopic (exact) mass is 410 g/mol. The first-order valence-electron chi connectivity index (χ1n) is 7.95. The van der Waals surface area contributed by atoms with Gasteiger partial charge in [0.05, 0.1) is 0 Å². The van der Waals surface area contributed by atoms with Crippen LogP contribution in [0.25, 0.3) is 0 Å². The van der Waals surface area contributed by atoms with Crippen molar-refractivity contribution in [1.29, 1.82) is 0 Å². The highest BCUT2D eigenvalue weighted by Crippen LogP contribution is 2.13. The van der Waals surface area contributed by atoms with Gasteiger partial charge < -0.3 is 9.80 Å². The molecule has 1 aliphatic heterocycles. The van der Waals surface area contributed by atoms with Gasteiger partial charge in [0.2, 0.25) is 0 Å². The lowest BCUT2D eigenvalue weighted by Crippen LogP contribution is -2.33. The fourth-order valence-electron chi connectivity index (χ4n) is 2.55. The second-order valence-corrected chi connectivity index (χ2v) is 7.05. The standard InChI is InChI=1S/C15H28Br2N2O/c16-9-5-1-3-7-11-18-13-14-19(15(18)20)12-8-4-2-6-10-17/h1-14H2. The second-order valence-electron chi connectivity index (χ2n) is 5.46. The zero-order valence-corrected chi connectivity index (χ0v) is 15.6. The molecule has 1 saturated heterocycles. The van der Waals surface area contributed by atoms with Crippen molar-refractivity contribution in [3.63, 3.8) is 0 Å². The van der Waals surface area contributed by atoms with Crippen LogP contribution in [0, 0.1) is 0 Å². The summed E-state index contributed by atoms with van der Waals surface area (Å²) >= 11 is 6.90. The van der Waals surface area contributed by atoms with Gasteiger partial charge in [0.1, 0.15) is 0 Å². The van der Waals surface area contributed by atoms with E-state index in [-0.39, 0.29) is 6.03 Å². The smallest absolute Gasteiger partial charge is 0.320 e. The third-order valence-corrected chi connectivity index (χ3v) is 4.93. The zero-order chi connectivity index (χ0) is 14.6. The van der Waals surface area contributed by atoms with Crippen LogP contribution in [0.1, 0.15) is 51.4 Å². The predicted octanol–water partition coefficient (Wildman–Crippen LogP) is 4.63. The maximum absolute atomic E-state index is 12.2. The van der Waals surface area contributed by atoms with Crippen molar-refractivity contribution >= 4 is 37.9 Å². The Bertz CT molecular complexity index is 240. The number of urea groups is 1. The van der Waals surface area contributed by atoms with Gasteiger partial charge in [0.15, 0.2) is 0 Å². The molecular formula is C15H28Br2N2O. The fourth-order valence-corrected chi connectivity index (χ4v) is 3.34. The molecule has 0 unspecified atom stereocenters. The summed E-state index contributed by atoms with van der Waals surface area (Å²) < 4.78 is 0. The molecule has 5 heteroatoms. The van der Waals surface area contributed by atoms with E-state index in [0.717, 1.165) is 49.7 Å². The number of hydrogen-bond acceptors (Lipinski definition) is 1. The molecule has 3 nitrogen and oxygen atoms in total. The number of halogens is 2. The van der Waals surface area contributed by atoms with E-state index in [1.807, 2.05) is 9.80 Å². The largest absolute Gasteiger partial charge is 0.323 e. The van der Waals surface area contributed by atoms with Gasteiger partial charge >= 0.3 is 6.03 Å². The summed E-state index contributed by atoms with van der Waals surface area (Å²) in [6, 6.07) is 0.269. The second kappa shape index (κ2) is 11.8. The molecule has 118 valence electrons. The third-order valence-electron chi connectivity index (χ3n) is 3.80. The van der Waals surface area contributed by atoms with Crippen molar-refractivity contribution in [3.8, 4) is 0 Å². The van der Waals surface area contributed by atoms with Crippen molar-refractivity contribution in [3.05, 3.63) is 0 Å². The van der Waals surface area contributed by atoms with Gasteiger partial charge in [-0.1, -0.05) is 57.5 Å². The van der Waals surface area contributed by atoms with Gasteiger partial charge in [0.25, 0.3) is 0 Å². The van der Waals surface area contributed by atoms with E-state index in [0.29, 0.717) is 0 Å². The number of rotatable bonds is 12. The Morgan fingerprint density at radius 1 is 0.700 bits per heavy atom. The van der Waals surface area contributed by atoms with Crippen molar-refractivity contribution < 1.29 is 4.79 Å². The number of hydrogen-bond donors (Lipinski definition) is 0. The summed E-state index contributed by atoms with van der Waals surface area (Å²) in [5.41, 5.74) is 0. The van der Waals surface area contributed by atoms with Crippen LogP contribution >= 0.6 is 31.9 Å². The number of carbonyl (C=O) groups is 1. The predicted molar refractivity (Wildman–Crippen MR) is 93.1 cm³/mol. The molecule has 0 aliphatic carbocycles. The van der Waals surface area contributed by atoms with Gasteiger partial charge in [-0.15, -0.1) is 0 Å². The third kappa shape index (κ3) is 7.30. The molecule has 0 atom stereocenters. The summed E-state index contributed by atoms with van der Waals surface area (Å²) in [5, 5.41) is 2.19. The molecule has 0 radical (unpaired) electrons. The molecule has 2 amide bonds. The average Bonchev–Trinajstić information content (AvgIpc) is 2.80. The highest BCUT2D eigenvalue weighted by Gasteiger charge is 2.26. The van der Waals surface area contributed by atoms with Crippen molar-refractivity contribution in [1.82, 2.24) is 9.80 Å². The van der Waals surface area contributed by atoms with Crippen LogP contribution in [0.4, 0.5) is 4.79 Å². The Labute approximate surface area is 140 Å². The SMILES string of the molecule is O=C1N(CCCCCCBr)CCN1CCCCCCBr. The lowest BCUT2D eigenvalue weighted by atomic mass is 10.2. The van der Waals surface area contributed by atoms with E-state index in [1.54, 1.807) is 0 Å². The Hall–Kier alpha value is 0.230. The minimum absolute atomic E-state index is 0.269. The Morgan fingerprint density at radius 3 is 1.50 bits per heavy atom. The molecular weight excluding hydrogens is 384 g/mol. The molecule has 0 aromatic carbocycles. The van der Waals surface area contributed by atoms with Crippen molar-refractivity contribution in [2.45, 2.75) is 51.4 Å². The maximum atomic E-state index is 12.2. The number of alkyl halides is 2. The van der Waals surface area contributed by atoms with Crippen LogP contribution in [-0.2, 0) is 0 Å². The number of amides is 2. The van der Waals surface area contributed by atoms with Gasteiger partial charge in [-0.3, -0.25) is 0 Å². The van der Waals surface area contributed by atoms with Crippen LogP contribution in [0.15, 0.2) is 0 Å². The van der Waals surface area contributed by atoms with Gasteiger partial charge in [-0.2, -0.15) is 0 Å². The first-order valence-corrected chi connectivity index (χ1v) is 10.2. The summed E-state index contributed by atoms with van der Waals surface area (Å²) in [6.45, 7) is 3.75. The van der Waals surface area contributed by atoms with E-state index in [9.17, 15) is 4.79 Å². The molecule has 1 fully saturated rings. The lowest BCUT2D eigenvalue weighted by Gasteiger charge is -2.18. The summed E-state index contributed by atoms with van der Waals surface area (Å²) in [7, 11) is 0. The topological polar surface area (TPSA) is 23.6 Å². The van der Waals surface area contributed by atoms with Crippen molar-refractivity contribution in [2.75, 3.05) is 36.8 Å². The fraction of sp³-hybridized carbons (Fsp3) is 0.933. The summed E-state index contributed by atoms with van der Waals surface area (Å²) in [6.07, 6.45) is 9.80. The van der Waals surface area contributed by atoms with Gasteiger partial charge in [0, 0.05) is 36.8 Å². The zero-order valence-electron chi connectivity index (χ0n) is 12.5. The average molecular weight is 412 g/mol. The normalized spacial score (nSPS) is 15.4. The summed E-state index contributed by atoms with van der Waals surface area (Å²) in [4.78, 5) is 16.3. The molecule has 0 saturated carbocycles. The molecule has 1 aliphatic rings. The highest BCUT2D eigenvalue weighted by molar-refractivity contribution is 9.09. The number of carbonyl (C=O) groups excluding carboxylic acids is 1. The molecule has 0 aromatic heterocycles. The minimum atomic E-state index is 0.269. The van der Waals surface area contributed by atoms with Gasteiger partial charge in [-0.05, 0) is 25.7 Å². The number of unbranched alkanes of at least 4 members (excludes halogenated alkanes) is 6. The van der Waals surface area contributed by atoms with E-state index < -0.39 is 0 Å². The molecule has 0 bridgehead atoms. The first kappa shape index (κ1) is 18.3. The molecule has 1 heterocycles. The highest BCUT2D eigenvalue weighted by atomic mass is 79.9. The van der Waals surface area contributed by atoms with Gasteiger partial charge in [-0.25, -0.2) is 4.79 Å². The molecule has 0 aromatic rings. The van der Waals surface area contributed by atoms with Crippen LogP contribution in [-0.4, -0.2) is 52.7 Å². The lowest BCUT2D eigenvalue weighted by molar-refractivity contribution is 0.190. The van der Waals surface area contributed by atoms with E-state index in [1.165, 1.54) is 38.5 Å². The summed E-state index contributed by atoms with van der Waals surface area (Å²) in [5.74, 6) is 0. The Balaban J connectivity index is 2.06. The maximum Gasteiger partial charge on any atom is 0.320 e. The van der Waals surface area contributed by atoms with Crippen LogP contribution in [0.5, 0.6) is 0 Å². The molecule has 1 rings (SSSR count). The van der Waals surface area contributed by atoms with Crippen LogP contribution < -0.4 is 0 Å². The molecule has 20 heavy (non-hydrogen) atoms. The quantitative estimate of drug-likeness (QED) is 0.339. The van der Waals surface area contributed by atoms with E-state index in [4.69, 9.17) is 0 Å². The minimum Gasteiger partial charge on any atom is -0.323 e. The van der Waals surface area contributed by atoms with Crippen LogP contribution in [0.2, 0.25) is 0 Å². The molecule has 0 N–H and O–H groups in total. The Morgan fingerprint density at radius 2 is 1.10 bits per heavy atom.